The van der Waals surface area contributed by atoms with Crippen molar-refractivity contribution >= 4 is 61.8 Å². The molecule has 2 N–H and O–H groups in total. The van der Waals surface area contributed by atoms with Gasteiger partial charge in [-0.25, -0.2) is 8.42 Å². The maximum atomic E-state index is 13.9. The normalized spacial score (nSPS) is 16.0. The summed E-state index contributed by atoms with van der Waals surface area (Å²) in [7, 11) is -4.21. The first-order chi connectivity index (χ1) is 17.7. The fraction of sp³-hybridized carbons (Fsp3) is 0.0370. The molecule has 3 aromatic carbocycles. The molecule has 4 aromatic rings. The van der Waals surface area contributed by atoms with Crippen LogP contribution < -0.4 is 20.5 Å². The topological polar surface area (TPSA) is 106 Å². The molecule has 0 amide bonds. The number of nitrogens with two attached hydrogens (primary N) is 1. The molecule has 0 radical (unpaired) electrons. The Kier molecular flexibility index (Phi) is 6.56. The van der Waals surface area contributed by atoms with Gasteiger partial charge in [0.15, 0.2) is 0 Å². The molecule has 1 atom stereocenters. The molecule has 0 bridgehead atoms. The first-order valence-electron chi connectivity index (χ1n) is 10.9. The van der Waals surface area contributed by atoms with Crippen LogP contribution in [0.5, 0.6) is 0 Å². The van der Waals surface area contributed by atoms with Gasteiger partial charge in [-0.1, -0.05) is 65.7 Å². The molecule has 1 aliphatic heterocycles. The summed E-state index contributed by atoms with van der Waals surface area (Å²) < 4.78 is 29.6. The molecule has 0 spiro atoms. The lowest BCUT2D eigenvalue weighted by atomic mass is 9.90. The molecule has 1 aliphatic rings. The van der Waals surface area contributed by atoms with E-state index in [1.165, 1.54) is 12.1 Å². The lowest BCUT2D eigenvalue weighted by Crippen LogP contribution is -2.39. The molecule has 1 aromatic heterocycles. The third-order valence-electron chi connectivity index (χ3n) is 5.93. The minimum Gasteiger partial charge on any atom is -0.384 e. The molecule has 37 heavy (non-hydrogen) atoms. The van der Waals surface area contributed by atoms with Gasteiger partial charge in [0.25, 0.3) is 5.56 Å². The van der Waals surface area contributed by atoms with E-state index in [0.29, 0.717) is 25.7 Å². The fourth-order valence-electron chi connectivity index (χ4n) is 4.21. The molecular weight excluding hydrogens is 549 g/mol. The van der Waals surface area contributed by atoms with Crippen LogP contribution in [0.4, 0.5) is 0 Å². The van der Waals surface area contributed by atoms with E-state index in [0.717, 1.165) is 15.9 Å². The monoisotopic (exact) mass is 565 g/mol. The van der Waals surface area contributed by atoms with E-state index in [1.807, 2.05) is 0 Å². The summed E-state index contributed by atoms with van der Waals surface area (Å²) in [5.74, 6) is -1.27. The van der Waals surface area contributed by atoms with Crippen LogP contribution in [0.3, 0.4) is 0 Å². The van der Waals surface area contributed by atoms with Crippen molar-refractivity contribution in [2.45, 2.75) is 10.8 Å². The first kappa shape index (κ1) is 25.1. The number of halogens is 2. The van der Waals surface area contributed by atoms with Crippen LogP contribution in [0.15, 0.2) is 93.5 Å². The van der Waals surface area contributed by atoms with Crippen LogP contribution >= 0.6 is 34.5 Å². The van der Waals surface area contributed by atoms with Gasteiger partial charge in [0.2, 0.25) is 9.84 Å². The van der Waals surface area contributed by atoms with Gasteiger partial charge >= 0.3 is 0 Å². The minimum atomic E-state index is -4.21. The van der Waals surface area contributed by atoms with Crippen molar-refractivity contribution < 1.29 is 8.42 Å². The predicted molar refractivity (Wildman–Crippen MR) is 147 cm³/mol. The van der Waals surface area contributed by atoms with Crippen LogP contribution in [-0.2, 0) is 9.84 Å². The van der Waals surface area contributed by atoms with Gasteiger partial charge in [0.05, 0.1) is 27.0 Å². The first-order valence-corrected chi connectivity index (χ1v) is 14.0. The highest BCUT2D eigenvalue weighted by Gasteiger charge is 2.39. The molecule has 0 saturated heterocycles. The summed E-state index contributed by atoms with van der Waals surface area (Å²) in [5, 5.41) is 11.3. The number of aromatic nitrogens is 1. The van der Waals surface area contributed by atoms with Crippen molar-refractivity contribution in [3.8, 4) is 6.07 Å². The summed E-state index contributed by atoms with van der Waals surface area (Å²) in [4.78, 5) is 13.3. The Balaban J connectivity index is 1.88. The van der Waals surface area contributed by atoms with Gasteiger partial charge < -0.3 is 5.73 Å². The number of fused-ring (bicyclic) bond motifs is 1. The molecule has 0 aliphatic carbocycles. The highest BCUT2D eigenvalue weighted by molar-refractivity contribution is 7.95. The van der Waals surface area contributed by atoms with Gasteiger partial charge in [-0.2, -0.15) is 5.26 Å². The zero-order chi connectivity index (χ0) is 26.3. The van der Waals surface area contributed by atoms with Crippen LogP contribution in [0.1, 0.15) is 17.0 Å². The highest BCUT2D eigenvalue weighted by atomic mass is 35.5. The lowest BCUT2D eigenvalue weighted by Gasteiger charge is -2.26. The van der Waals surface area contributed by atoms with Gasteiger partial charge in [0.1, 0.15) is 15.4 Å². The third kappa shape index (κ3) is 4.41. The molecule has 10 heteroatoms. The second-order valence-corrected chi connectivity index (χ2v) is 12.0. The average molecular weight is 566 g/mol. The van der Waals surface area contributed by atoms with Gasteiger partial charge in [-0.3, -0.25) is 9.36 Å². The Morgan fingerprint density at radius 2 is 1.54 bits per heavy atom. The van der Waals surface area contributed by atoms with E-state index in [4.69, 9.17) is 28.9 Å². The number of benzene rings is 3. The molecule has 2 heterocycles. The Morgan fingerprint density at radius 3 is 2.14 bits per heavy atom. The maximum absolute atomic E-state index is 13.9. The molecule has 6 nitrogen and oxygen atoms in total. The summed E-state index contributed by atoms with van der Waals surface area (Å²) in [6.07, 6.45) is 1.65. The second kappa shape index (κ2) is 9.69. The number of thiazole rings is 1. The Morgan fingerprint density at radius 1 is 0.946 bits per heavy atom. The van der Waals surface area contributed by atoms with Crippen molar-refractivity contribution in [3.05, 3.63) is 124 Å². The van der Waals surface area contributed by atoms with E-state index < -0.39 is 21.3 Å². The lowest BCUT2D eigenvalue weighted by molar-refractivity contribution is 0.599. The van der Waals surface area contributed by atoms with Crippen LogP contribution in [0, 0.1) is 11.3 Å². The van der Waals surface area contributed by atoms with E-state index in [9.17, 15) is 18.5 Å². The second-order valence-electron chi connectivity index (χ2n) is 8.18. The molecule has 5 rings (SSSR count). The zero-order valence-corrected chi connectivity index (χ0v) is 22.1. The van der Waals surface area contributed by atoms with E-state index in [2.05, 4.69) is 6.07 Å². The molecule has 184 valence electrons. The Hall–Kier alpha value is -3.61. The van der Waals surface area contributed by atoms with Gasteiger partial charge in [-0.05, 0) is 53.6 Å². The number of nitriles is 1. The molecule has 0 saturated carbocycles. The van der Waals surface area contributed by atoms with E-state index >= 15 is 0 Å². The van der Waals surface area contributed by atoms with E-state index in [1.54, 1.807) is 72.8 Å². The average Bonchev–Trinajstić information content (AvgIpc) is 3.22. The number of sulfone groups is 1. The van der Waals surface area contributed by atoms with Crippen LogP contribution in [0.2, 0.25) is 10.0 Å². The van der Waals surface area contributed by atoms with E-state index in [-0.39, 0.29) is 25.9 Å². The summed E-state index contributed by atoms with van der Waals surface area (Å²) in [6, 6.07) is 23.4. The molecule has 1 unspecified atom stereocenters. The summed E-state index contributed by atoms with van der Waals surface area (Å²) in [5.41, 5.74) is 7.31. The largest absolute Gasteiger partial charge is 0.384 e. The number of hydrogen-bond donors (Lipinski definition) is 1. The Labute approximate surface area is 226 Å². The van der Waals surface area contributed by atoms with Crippen LogP contribution in [0.25, 0.3) is 17.5 Å². The van der Waals surface area contributed by atoms with Crippen molar-refractivity contribution in [1.29, 1.82) is 5.26 Å². The molecule has 0 fully saturated rings. The summed E-state index contributed by atoms with van der Waals surface area (Å²) in [6.45, 7) is 0. The van der Waals surface area contributed by atoms with Crippen molar-refractivity contribution in [2.75, 3.05) is 0 Å². The number of rotatable bonds is 4. The van der Waals surface area contributed by atoms with Crippen molar-refractivity contribution in [2.24, 2.45) is 5.73 Å². The van der Waals surface area contributed by atoms with Crippen molar-refractivity contribution in [3.63, 3.8) is 0 Å². The SMILES string of the molecule is N#CC1=c2sc(=Cc3ccc(Cl)cc3)c(=O)n2C(N)=C(S(=O)(=O)c2ccccc2)C1c1ccc(Cl)cc1. The van der Waals surface area contributed by atoms with Gasteiger partial charge in [-0.15, -0.1) is 11.3 Å². The highest BCUT2D eigenvalue weighted by Crippen LogP contribution is 2.41. The summed E-state index contributed by atoms with van der Waals surface area (Å²) >= 11 is 13.1. The zero-order valence-electron chi connectivity index (χ0n) is 18.9. The maximum Gasteiger partial charge on any atom is 0.274 e. The van der Waals surface area contributed by atoms with Gasteiger partial charge in [0, 0.05) is 10.0 Å². The number of nitrogens with zero attached hydrogens (tertiary/aromatic N) is 2. The fourth-order valence-corrected chi connectivity index (χ4v) is 7.29. The van der Waals surface area contributed by atoms with Crippen LogP contribution in [-0.4, -0.2) is 13.0 Å². The quantitative estimate of drug-likeness (QED) is 0.401. The standard InChI is InChI=1S/C27H17Cl2N3O3S2/c28-18-10-6-16(7-11-18)14-22-26(33)32-25(31)24(37(34,35)20-4-2-1-3-5-20)23(21(15-30)27(32)36-22)17-8-12-19(29)13-9-17/h1-14,23H,31H2. The smallest absolute Gasteiger partial charge is 0.274 e. The number of allylic oxidation sites excluding steroid dienone is 1. The predicted octanol–water partition coefficient (Wildman–Crippen LogP) is 4.08. The van der Waals surface area contributed by atoms with Crippen molar-refractivity contribution in [1.82, 2.24) is 4.57 Å². The third-order valence-corrected chi connectivity index (χ3v) is 9.46. The minimum absolute atomic E-state index is 0.00359. The Bertz CT molecular complexity index is 1880. The molecular formula is C27H17Cl2N3O3S2. The number of hydrogen-bond acceptors (Lipinski definition) is 6.